The first-order chi connectivity index (χ1) is 8.49. The van der Waals surface area contributed by atoms with Crippen molar-refractivity contribution < 1.29 is 14.8 Å². The number of rotatable bonds is 3. The van der Waals surface area contributed by atoms with Gasteiger partial charge in [-0.15, -0.1) is 0 Å². The van der Waals surface area contributed by atoms with Crippen molar-refractivity contribution >= 4 is 11.7 Å². The summed E-state index contributed by atoms with van der Waals surface area (Å²) < 4.78 is 0.967. The standard InChI is InChI=1S/C9H7N5O4/c1-5-2-3-10-9(11-5)13-4-6(14(17)18)7(12-13)8(15)16/h2-4H,1H3,(H,15,16). The molecule has 18 heavy (non-hydrogen) atoms. The summed E-state index contributed by atoms with van der Waals surface area (Å²) in [7, 11) is 0. The summed E-state index contributed by atoms with van der Waals surface area (Å²) in [6.07, 6.45) is 2.42. The lowest BCUT2D eigenvalue weighted by Crippen LogP contribution is -2.05. The topological polar surface area (TPSA) is 124 Å². The Bertz CT molecular complexity index is 604. The van der Waals surface area contributed by atoms with Crippen LogP contribution in [-0.4, -0.2) is 35.7 Å². The maximum atomic E-state index is 10.8. The van der Waals surface area contributed by atoms with E-state index in [1.165, 1.54) is 6.20 Å². The van der Waals surface area contributed by atoms with Gasteiger partial charge >= 0.3 is 11.7 Å². The number of carboxylic acid groups (broad SMARTS) is 1. The van der Waals surface area contributed by atoms with Crippen molar-refractivity contribution in [1.82, 2.24) is 19.7 Å². The second-order valence-corrected chi connectivity index (χ2v) is 3.37. The van der Waals surface area contributed by atoms with Crippen LogP contribution in [0.15, 0.2) is 18.5 Å². The number of carboxylic acids is 1. The number of hydrogen-bond donors (Lipinski definition) is 1. The van der Waals surface area contributed by atoms with Gasteiger partial charge in [0.1, 0.15) is 6.20 Å². The average molecular weight is 249 g/mol. The van der Waals surface area contributed by atoms with Crippen LogP contribution < -0.4 is 0 Å². The van der Waals surface area contributed by atoms with Gasteiger partial charge in [0.25, 0.3) is 5.95 Å². The van der Waals surface area contributed by atoms with Crippen molar-refractivity contribution in [2.45, 2.75) is 6.92 Å². The Morgan fingerprint density at radius 1 is 1.56 bits per heavy atom. The molecular formula is C9H7N5O4. The summed E-state index contributed by atoms with van der Waals surface area (Å²) in [4.78, 5) is 28.5. The molecule has 9 heteroatoms. The second-order valence-electron chi connectivity index (χ2n) is 3.37. The first-order valence-corrected chi connectivity index (χ1v) is 4.76. The van der Waals surface area contributed by atoms with Gasteiger partial charge in [0.15, 0.2) is 0 Å². The van der Waals surface area contributed by atoms with E-state index >= 15 is 0 Å². The molecule has 0 radical (unpaired) electrons. The van der Waals surface area contributed by atoms with Crippen molar-refractivity contribution in [3.8, 4) is 5.95 Å². The van der Waals surface area contributed by atoms with E-state index in [-0.39, 0.29) is 5.95 Å². The van der Waals surface area contributed by atoms with Crippen molar-refractivity contribution in [2.24, 2.45) is 0 Å². The van der Waals surface area contributed by atoms with E-state index in [9.17, 15) is 14.9 Å². The molecule has 92 valence electrons. The fraction of sp³-hybridized carbons (Fsp3) is 0.111. The van der Waals surface area contributed by atoms with Gasteiger partial charge in [-0.25, -0.2) is 14.8 Å². The highest BCUT2D eigenvalue weighted by Gasteiger charge is 2.26. The predicted octanol–water partition coefficient (Wildman–Crippen LogP) is 0.577. The minimum absolute atomic E-state index is 0.0746. The summed E-state index contributed by atoms with van der Waals surface area (Å²) >= 11 is 0. The van der Waals surface area contributed by atoms with Gasteiger partial charge in [-0.3, -0.25) is 10.1 Å². The molecular weight excluding hydrogens is 242 g/mol. The maximum absolute atomic E-state index is 10.8. The third-order valence-electron chi connectivity index (χ3n) is 2.08. The summed E-state index contributed by atoms with van der Waals surface area (Å²) in [6, 6.07) is 1.64. The molecule has 0 atom stereocenters. The van der Waals surface area contributed by atoms with Crippen LogP contribution >= 0.6 is 0 Å². The number of aromatic nitrogens is 4. The second kappa shape index (κ2) is 4.20. The van der Waals surface area contributed by atoms with Gasteiger partial charge in [-0.2, -0.15) is 9.78 Å². The van der Waals surface area contributed by atoms with Gasteiger partial charge in [-0.05, 0) is 13.0 Å². The van der Waals surface area contributed by atoms with Crippen LogP contribution in [0.3, 0.4) is 0 Å². The molecule has 0 saturated carbocycles. The summed E-state index contributed by atoms with van der Waals surface area (Å²) in [5, 5.41) is 23.1. The molecule has 2 heterocycles. The van der Waals surface area contributed by atoms with E-state index in [1.807, 2.05) is 0 Å². The number of aromatic carboxylic acids is 1. The van der Waals surface area contributed by atoms with Crippen LogP contribution in [0.2, 0.25) is 0 Å². The van der Waals surface area contributed by atoms with Crippen LogP contribution in [0.25, 0.3) is 5.95 Å². The quantitative estimate of drug-likeness (QED) is 0.622. The van der Waals surface area contributed by atoms with Crippen LogP contribution in [0, 0.1) is 17.0 Å². The molecule has 0 amide bonds. The van der Waals surface area contributed by atoms with Crippen molar-refractivity contribution in [1.29, 1.82) is 0 Å². The van der Waals surface area contributed by atoms with Gasteiger partial charge in [0.2, 0.25) is 5.69 Å². The molecule has 0 fully saturated rings. The lowest BCUT2D eigenvalue weighted by molar-refractivity contribution is -0.385. The Labute approximate surface area is 99.9 Å². The highest BCUT2D eigenvalue weighted by atomic mass is 16.6. The average Bonchev–Trinajstić information content (AvgIpc) is 2.73. The Morgan fingerprint density at radius 2 is 2.28 bits per heavy atom. The molecule has 0 aliphatic carbocycles. The highest BCUT2D eigenvalue weighted by molar-refractivity contribution is 5.89. The van der Waals surface area contributed by atoms with Crippen molar-refractivity contribution in [3.63, 3.8) is 0 Å². The number of nitrogens with zero attached hydrogens (tertiary/aromatic N) is 5. The molecule has 2 aromatic rings. The van der Waals surface area contributed by atoms with Gasteiger partial charge in [0.05, 0.1) is 4.92 Å². The number of carbonyl (C=O) groups is 1. The van der Waals surface area contributed by atoms with Crippen LogP contribution in [0.1, 0.15) is 16.2 Å². The largest absolute Gasteiger partial charge is 0.476 e. The fourth-order valence-corrected chi connectivity index (χ4v) is 1.30. The smallest absolute Gasteiger partial charge is 0.363 e. The Hall–Kier alpha value is -2.84. The molecule has 0 aliphatic heterocycles. The molecule has 9 nitrogen and oxygen atoms in total. The SMILES string of the molecule is Cc1ccnc(-n2cc([N+](=O)[O-])c(C(=O)O)n2)n1. The monoisotopic (exact) mass is 249 g/mol. The van der Waals surface area contributed by atoms with Gasteiger partial charge in [-0.1, -0.05) is 0 Å². The van der Waals surface area contributed by atoms with E-state index < -0.39 is 22.3 Å². The molecule has 0 spiro atoms. The van der Waals surface area contributed by atoms with E-state index in [4.69, 9.17) is 5.11 Å². The van der Waals surface area contributed by atoms with Crippen LogP contribution in [0.5, 0.6) is 0 Å². The van der Waals surface area contributed by atoms with Crippen molar-refractivity contribution in [3.05, 3.63) is 40.0 Å². The Morgan fingerprint density at radius 3 is 2.78 bits per heavy atom. The zero-order valence-corrected chi connectivity index (χ0v) is 9.14. The third kappa shape index (κ3) is 2.00. The molecule has 2 aromatic heterocycles. The van der Waals surface area contributed by atoms with Crippen LogP contribution in [-0.2, 0) is 0 Å². The summed E-state index contributed by atoms with van der Waals surface area (Å²) in [5.41, 5.74) is -0.618. The normalized spacial score (nSPS) is 10.3. The summed E-state index contributed by atoms with van der Waals surface area (Å²) in [6.45, 7) is 1.71. The van der Waals surface area contributed by atoms with Gasteiger partial charge < -0.3 is 5.11 Å². The zero-order valence-electron chi connectivity index (χ0n) is 9.14. The maximum Gasteiger partial charge on any atom is 0.363 e. The van der Waals surface area contributed by atoms with E-state index in [0.29, 0.717) is 5.69 Å². The molecule has 0 aromatic carbocycles. The highest BCUT2D eigenvalue weighted by Crippen LogP contribution is 2.18. The predicted molar refractivity (Wildman–Crippen MR) is 57.5 cm³/mol. The Balaban J connectivity index is 2.57. The number of aryl methyl sites for hydroxylation is 1. The van der Waals surface area contributed by atoms with E-state index in [0.717, 1.165) is 10.9 Å². The molecule has 0 bridgehead atoms. The minimum Gasteiger partial charge on any atom is -0.476 e. The van der Waals surface area contributed by atoms with Crippen molar-refractivity contribution in [2.75, 3.05) is 0 Å². The molecule has 0 saturated heterocycles. The number of hydrogen-bond acceptors (Lipinski definition) is 6. The molecule has 0 unspecified atom stereocenters. The molecule has 0 aliphatic rings. The molecule has 1 N–H and O–H groups in total. The first-order valence-electron chi connectivity index (χ1n) is 4.76. The van der Waals surface area contributed by atoms with Gasteiger partial charge in [0, 0.05) is 11.9 Å². The minimum atomic E-state index is -1.48. The lowest BCUT2D eigenvalue weighted by Gasteiger charge is -1.98. The zero-order chi connectivity index (χ0) is 13.3. The number of nitro groups is 1. The van der Waals surface area contributed by atoms with Crippen LogP contribution in [0.4, 0.5) is 5.69 Å². The fourth-order valence-electron chi connectivity index (χ4n) is 1.30. The molecule has 2 rings (SSSR count). The lowest BCUT2D eigenvalue weighted by atomic mass is 10.4. The van der Waals surface area contributed by atoms with E-state index in [2.05, 4.69) is 15.1 Å². The van der Waals surface area contributed by atoms with E-state index in [1.54, 1.807) is 13.0 Å². The third-order valence-corrected chi connectivity index (χ3v) is 2.08. The first kappa shape index (κ1) is 11.6. The summed E-state index contributed by atoms with van der Waals surface area (Å²) in [5.74, 6) is -1.40. The Kier molecular flexibility index (Phi) is 2.72.